The van der Waals surface area contributed by atoms with Crippen molar-refractivity contribution < 1.29 is 4.74 Å². The van der Waals surface area contributed by atoms with Crippen molar-refractivity contribution in [2.24, 2.45) is 0 Å². The first-order valence-electron chi connectivity index (χ1n) is 6.29. The van der Waals surface area contributed by atoms with Gasteiger partial charge in [-0.1, -0.05) is 13.8 Å². The van der Waals surface area contributed by atoms with Crippen molar-refractivity contribution in [2.45, 2.75) is 46.1 Å². The van der Waals surface area contributed by atoms with Crippen LogP contribution in [0.5, 0.6) is 6.01 Å². The van der Waals surface area contributed by atoms with Crippen LogP contribution in [-0.4, -0.2) is 34.1 Å². The van der Waals surface area contributed by atoms with E-state index in [1.165, 1.54) is 0 Å². The summed E-state index contributed by atoms with van der Waals surface area (Å²) in [7, 11) is 1.95. The lowest BCUT2D eigenvalue weighted by molar-refractivity contribution is 0.291. The summed E-state index contributed by atoms with van der Waals surface area (Å²) >= 11 is 0. The molecule has 0 atom stereocenters. The molecule has 6 heteroatoms. The standard InChI is InChI=1S/C12H23N5O/c1-6-8-18-11-15-9(13)14-10(16-11)17(5)12(3,4)7-2/h6-8H2,1-5H3,(H2,13,14,15,16). The minimum atomic E-state index is -0.0458. The molecule has 0 radical (unpaired) electrons. The van der Waals surface area contributed by atoms with Crippen molar-refractivity contribution in [3.63, 3.8) is 0 Å². The van der Waals surface area contributed by atoms with Gasteiger partial charge in [0.2, 0.25) is 11.9 Å². The second kappa shape index (κ2) is 5.84. The summed E-state index contributed by atoms with van der Waals surface area (Å²) < 4.78 is 5.40. The Hall–Kier alpha value is -1.59. The average Bonchev–Trinajstić information content (AvgIpc) is 2.34. The Kier molecular flexibility index (Phi) is 4.69. The third-order valence-electron chi connectivity index (χ3n) is 3.13. The fourth-order valence-electron chi connectivity index (χ4n) is 1.28. The molecule has 102 valence electrons. The van der Waals surface area contributed by atoms with Gasteiger partial charge in [0, 0.05) is 12.6 Å². The minimum absolute atomic E-state index is 0.0458. The fraction of sp³-hybridized carbons (Fsp3) is 0.750. The molecule has 0 spiro atoms. The number of nitrogens with two attached hydrogens (primary N) is 1. The Balaban J connectivity index is 2.98. The zero-order chi connectivity index (χ0) is 13.8. The first kappa shape index (κ1) is 14.5. The lowest BCUT2D eigenvalue weighted by Crippen LogP contribution is -2.41. The third-order valence-corrected chi connectivity index (χ3v) is 3.13. The summed E-state index contributed by atoms with van der Waals surface area (Å²) in [6.45, 7) is 8.97. The van der Waals surface area contributed by atoms with Crippen molar-refractivity contribution in [3.8, 4) is 6.01 Å². The molecule has 0 aliphatic carbocycles. The summed E-state index contributed by atoms with van der Waals surface area (Å²) in [5, 5.41) is 0. The van der Waals surface area contributed by atoms with Crippen LogP contribution < -0.4 is 15.4 Å². The molecule has 1 aromatic rings. The maximum absolute atomic E-state index is 5.68. The van der Waals surface area contributed by atoms with Crippen LogP contribution >= 0.6 is 0 Å². The highest BCUT2D eigenvalue weighted by Gasteiger charge is 2.24. The van der Waals surface area contributed by atoms with Gasteiger partial charge in [-0.3, -0.25) is 0 Å². The summed E-state index contributed by atoms with van der Waals surface area (Å²) in [5.41, 5.74) is 5.64. The molecule has 0 fully saturated rings. The van der Waals surface area contributed by atoms with Gasteiger partial charge in [0.25, 0.3) is 0 Å². The molecule has 0 unspecified atom stereocenters. The second-order valence-corrected chi connectivity index (χ2v) is 4.85. The topological polar surface area (TPSA) is 77.2 Å². The second-order valence-electron chi connectivity index (χ2n) is 4.85. The largest absolute Gasteiger partial charge is 0.463 e. The monoisotopic (exact) mass is 253 g/mol. The third kappa shape index (κ3) is 3.45. The highest BCUT2D eigenvalue weighted by atomic mass is 16.5. The smallest absolute Gasteiger partial charge is 0.323 e. The van der Waals surface area contributed by atoms with Gasteiger partial charge < -0.3 is 15.4 Å². The van der Waals surface area contributed by atoms with Crippen LogP contribution in [0.15, 0.2) is 0 Å². The molecule has 1 heterocycles. The minimum Gasteiger partial charge on any atom is -0.463 e. The molecule has 0 saturated heterocycles. The first-order chi connectivity index (χ1) is 8.40. The van der Waals surface area contributed by atoms with Crippen LogP contribution in [0.1, 0.15) is 40.5 Å². The van der Waals surface area contributed by atoms with E-state index in [1.807, 2.05) is 18.9 Å². The molecule has 1 rings (SSSR count). The Morgan fingerprint density at radius 2 is 1.89 bits per heavy atom. The predicted octanol–water partition coefficient (Wildman–Crippen LogP) is 1.87. The maximum Gasteiger partial charge on any atom is 0.323 e. The molecule has 0 aliphatic rings. The van der Waals surface area contributed by atoms with Crippen LogP contribution in [0.3, 0.4) is 0 Å². The normalized spacial score (nSPS) is 11.4. The van der Waals surface area contributed by atoms with Crippen LogP contribution in [0.25, 0.3) is 0 Å². The van der Waals surface area contributed by atoms with Crippen molar-refractivity contribution >= 4 is 11.9 Å². The highest BCUT2D eigenvalue weighted by molar-refractivity contribution is 5.37. The number of nitrogens with zero attached hydrogens (tertiary/aromatic N) is 4. The SMILES string of the molecule is CCCOc1nc(N)nc(N(C)C(C)(C)CC)n1. The average molecular weight is 253 g/mol. The number of ether oxygens (including phenoxy) is 1. The predicted molar refractivity (Wildman–Crippen MR) is 72.8 cm³/mol. The molecular formula is C12H23N5O. The molecule has 0 aliphatic heterocycles. The molecule has 0 bridgehead atoms. The molecular weight excluding hydrogens is 230 g/mol. The first-order valence-corrected chi connectivity index (χ1v) is 6.29. The van der Waals surface area contributed by atoms with Gasteiger partial charge >= 0.3 is 6.01 Å². The number of hydrogen-bond acceptors (Lipinski definition) is 6. The quantitative estimate of drug-likeness (QED) is 0.834. The lowest BCUT2D eigenvalue weighted by Gasteiger charge is -2.34. The van der Waals surface area contributed by atoms with Crippen LogP contribution in [0.4, 0.5) is 11.9 Å². The van der Waals surface area contributed by atoms with Gasteiger partial charge in [0.15, 0.2) is 0 Å². The highest BCUT2D eigenvalue weighted by Crippen LogP contribution is 2.23. The van der Waals surface area contributed by atoms with E-state index >= 15 is 0 Å². The zero-order valence-corrected chi connectivity index (χ0v) is 11.9. The zero-order valence-electron chi connectivity index (χ0n) is 11.9. The molecule has 0 amide bonds. The van der Waals surface area contributed by atoms with Gasteiger partial charge in [-0.05, 0) is 26.7 Å². The van der Waals surface area contributed by atoms with Crippen LogP contribution in [0.2, 0.25) is 0 Å². The number of aromatic nitrogens is 3. The Bertz CT molecular complexity index is 394. The molecule has 2 N–H and O–H groups in total. The van der Waals surface area contributed by atoms with Gasteiger partial charge in [0.05, 0.1) is 6.61 Å². The molecule has 0 aromatic carbocycles. The van der Waals surface area contributed by atoms with E-state index in [1.54, 1.807) is 0 Å². The van der Waals surface area contributed by atoms with E-state index in [0.717, 1.165) is 12.8 Å². The number of hydrogen-bond donors (Lipinski definition) is 1. The van der Waals surface area contributed by atoms with Crippen molar-refractivity contribution in [1.82, 2.24) is 15.0 Å². The molecule has 0 saturated carbocycles. The summed E-state index contributed by atoms with van der Waals surface area (Å²) in [6, 6.07) is 0.290. The number of anilines is 2. The van der Waals surface area contributed by atoms with Gasteiger partial charge in [0.1, 0.15) is 0 Å². The van der Waals surface area contributed by atoms with Crippen molar-refractivity contribution in [3.05, 3.63) is 0 Å². The fourth-order valence-corrected chi connectivity index (χ4v) is 1.28. The van der Waals surface area contributed by atoms with Crippen molar-refractivity contribution in [2.75, 3.05) is 24.3 Å². The van der Waals surface area contributed by atoms with E-state index < -0.39 is 0 Å². The van der Waals surface area contributed by atoms with Gasteiger partial charge in [-0.2, -0.15) is 15.0 Å². The molecule has 18 heavy (non-hydrogen) atoms. The Morgan fingerprint density at radius 3 is 2.44 bits per heavy atom. The van der Waals surface area contributed by atoms with Gasteiger partial charge in [-0.15, -0.1) is 0 Å². The maximum atomic E-state index is 5.68. The van der Waals surface area contributed by atoms with E-state index in [4.69, 9.17) is 10.5 Å². The number of rotatable bonds is 6. The van der Waals surface area contributed by atoms with E-state index in [0.29, 0.717) is 12.6 Å². The van der Waals surface area contributed by atoms with Crippen LogP contribution in [0, 0.1) is 0 Å². The summed E-state index contributed by atoms with van der Waals surface area (Å²) in [6.07, 6.45) is 1.87. The number of nitrogen functional groups attached to an aromatic ring is 1. The Labute approximate surface area is 109 Å². The Morgan fingerprint density at radius 1 is 1.22 bits per heavy atom. The summed E-state index contributed by atoms with van der Waals surface area (Å²) in [5.74, 6) is 0.727. The van der Waals surface area contributed by atoms with Crippen molar-refractivity contribution in [1.29, 1.82) is 0 Å². The lowest BCUT2D eigenvalue weighted by atomic mass is 10.0. The van der Waals surface area contributed by atoms with Gasteiger partial charge in [-0.25, -0.2) is 0 Å². The van der Waals surface area contributed by atoms with E-state index in [9.17, 15) is 0 Å². The van der Waals surface area contributed by atoms with E-state index in [-0.39, 0.29) is 17.5 Å². The summed E-state index contributed by atoms with van der Waals surface area (Å²) in [4.78, 5) is 14.4. The van der Waals surface area contributed by atoms with Crippen LogP contribution in [-0.2, 0) is 0 Å². The molecule has 1 aromatic heterocycles. The molecule has 6 nitrogen and oxygen atoms in total. The van der Waals surface area contributed by atoms with E-state index in [2.05, 4.69) is 35.7 Å².